The van der Waals surface area contributed by atoms with Crippen LogP contribution in [0, 0.1) is 5.92 Å². The monoisotopic (exact) mass is 317 g/mol. The minimum absolute atomic E-state index is 0.159. The van der Waals surface area contributed by atoms with Gasteiger partial charge in [-0.3, -0.25) is 0 Å². The molecule has 0 saturated carbocycles. The van der Waals surface area contributed by atoms with Crippen molar-refractivity contribution in [2.24, 2.45) is 5.92 Å². The Hall–Kier alpha value is -1.65. The van der Waals surface area contributed by atoms with E-state index in [4.69, 9.17) is 0 Å². The van der Waals surface area contributed by atoms with Crippen molar-refractivity contribution in [1.82, 2.24) is 4.72 Å². The molecular weight excluding hydrogens is 294 g/mol. The van der Waals surface area contributed by atoms with Crippen LogP contribution in [0.3, 0.4) is 0 Å². The first kappa shape index (κ1) is 16.7. The molecule has 0 amide bonds. The Morgan fingerprint density at radius 1 is 0.955 bits per heavy atom. The van der Waals surface area contributed by atoms with E-state index in [0.717, 1.165) is 17.5 Å². The molecule has 2 aromatic carbocycles. The smallest absolute Gasteiger partial charge is 0.207 e. The van der Waals surface area contributed by atoms with Crippen molar-refractivity contribution in [3.63, 3.8) is 0 Å². The van der Waals surface area contributed by atoms with Crippen molar-refractivity contribution in [3.05, 3.63) is 65.7 Å². The molecule has 1 atom stereocenters. The van der Waals surface area contributed by atoms with E-state index >= 15 is 0 Å². The van der Waals surface area contributed by atoms with Crippen LogP contribution in [0.4, 0.5) is 0 Å². The summed E-state index contributed by atoms with van der Waals surface area (Å²) in [5.74, 6) is 0.159. The van der Waals surface area contributed by atoms with Crippen LogP contribution in [0.25, 0.3) is 0 Å². The van der Waals surface area contributed by atoms with E-state index in [9.17, 15) is 8.42 Å². The van der Waals surface area contributed by atoms with E-state index in [1.165, 1.54) is 0 Å². The summed E-state index contributed by atoms with van der Waals surface area (Å²) in [6.07, 6.45) is 0.895. The van der Waals surface area contributed by atoms with Gasteiger partial charge in [-0.15, -0.1) is 0 Å². The molecule has 1 N–H and O–H groups in total. The van der Waals surface area contributed by atoms with Gasteiger partial charge in [0.15, 0.2) is 0 Å². The van der Waals surface area contributed by atoms with Crippen molar-refractivity contribution < 1.29 is 8.42 Å². The van der Waals surface area contributed by atoms with Gasteiger partial charge in [0.2, 0.25) is 10.0 Å². The Balaban J connectivity index is 2.28. The SMILES string of the molecule is CCc1ccc(S(=O)(=O)N[C@H](c2ccccc2)C(C)C)cc1. The van der Waals surface area contributed by atoms with E-state index < -0.39 is 10.0 Å². The number of hydrogen-bond acceptors (Lipinski definition) is 2. The van der Waals surface area contributed by atoms with Crippen LogP contribution < -0.4 is 4.72 Å². The fourth-order valence-corrected chi connectivity index (χ4v) is 3.76. The molecule has 0 aliphatic heterocycles. The van der Waals surface area contributed by atoms with Gasteiger partial charge >= 0.3 is 0 Å². The van der Waals surface area contributed by atoms with Gasteiger partial charge in [-0.25, -0.2) is 13.1 Å². The van der Waals surface area contributed by atoms with Gasteiger partial charge in [0.25, 0.3) is 0 Å². The minimum Gasteiger partial charge on any atom is -0.207 e. The average molecular weight is 317 g/mol. The van der Waals surface area contributed by atoms with E-state index in [2.05, 4.69) is 4.72 Å². The highest BCUT2D eigenvalue weighted by Gasteiger charge is 2.23. The molecule has 0 saturated heterocycles. The highest BCUT2D eigenvalue weighted by atomic mass is 32.2. The fraction of sp³-hybridized carbons (Fsp3) is 0.333. The van der Waals surface area contributed by atoms with Crippen molar-refractivity contribution in [2.75, 3.05) is 0 Å². The summed E-state index contributed by atoms with van der Waals surface area (Å²) in [6, 6.07) is 16.5. The van der Waals surface area contributed by atoms with E-state index in [0.29, 0.717) is 4.90 Å². The third-order valence-electron chi connectivity index (χ3n) is 3.75. The molecule has 118 valence electrons. The minimum atomic E-state index is -3.53. The lowest BCUT2D eigenvalue weighted by Gasteiger charge is -2.23. The Morgan fingerprint density at radius 3 is 2.05 bits per heavy atom. The first-order valence-electron chi connectivity index (χ1n) is 7.60. The van der Waals surface area contributed by atoms with Gasteiger partial charge in [-0.1, -0.05) is 63.2 Å². The second kappa shape index (κ2) is 7.07. The predicted octanol–water partition coefficient (Wildman–Crippen LogP) is 3.92. The second-order valence-corrected chi connectivity index (χ2v) is 7.47. The molecule has 2 aromatic rings. The molecule has 22 heavy (non-hydrogen) atoms. The van der Waals surface area contributed by atoms with Crippen LogP contribution in [0.2, 0.25) is 0 Å². The van der Waals surface area contributed by atoms with E-state index in [1.54, 1.807) is 12.1 Å². The van der Waals surface area contributed by atoms with Gasteiger partial charge in [-0.2, -0.15) is 0 Å². The zero-order valence-electron chi connectivity index (χ0n) is 13.3. The maximum atomic E-state index is 12.6. The van der Waals surface area contributed by atoms with Crippen LogP contribution in [0.1, 0.15) is 37.9 Å². The van der Waals surface area contributed by atoms with Gasteiger partial charge in [0, 0.05) is 6.04 Å². The molecule has 0 radical (unpaired) electrons. The van der Waals surface area contributed by atoms with Crippen molar-refractivity contribution in [2.45, 2.75) is 38.1 Å². The maximum Gasteiger partial charge on any atom is 0.241 e. The third-order valence-corrected chi connectivity index (χ3v) is 5.21. The molecule has 0 fully saturated rings. The summed E-state index contributed by atoms with van der Waals surface area (Å²) in [5, 5.41) is 0. The highest BCUT2D eigenvalue weighted by molar-refractivity contribution is 7.89. The highest BCUT2D eigenvalue weighted by Crippen LogP contribution is 2.24. The quantitative estimate of drug-likeness (QED) is 0.877. The Bertz CT molecular complexity index is 692. The molecule has 3 nitrogen and oxygen atoms in total. The van der Waals surface area contributed by atoms with Crippen LogP contribution in [-0.2, 0) is 16.4 Å². The summed E-state index contributed by atoms with van der Waals surface area (Å²) >= 11 is 0. The van der Waals surface area contributed by atoms with Crippen molar-refractivity contribution >= 4 is 10.0 Å². The zero-order chi connectivity index (χ0) is 16.2. The van der Waals surface area contributed by atoms with E-state index in [1.807, 2.05) is 63.2 Å². The van der Waals surface area contributed by atoms with Gasteiger partial charge in [0.1, 0.15) is 0 Å². The lowest BCUT2D eigenvalue weighted by molar-refractivity contribution is 0.463. The molecule has 0 spiro atoms. The number of benzene rings is 2. The summed E-state index contributed by atoms with van der Waals surface area (Å²) in [5.41, 5.74) is 2.11. The second-order valence-electron chi connectivity index (χ2n) is 5.75. The van der Waals surface area contributed by atoms with Crippen LogP contribution >= 0.6 is 0 Å². The van der Waals surface area contributed by atoms with Gasteiger partial charge in [0.05, 0.1) is 4.90 Å². The summed E-state index contributed by atoms with van der Waals surface area (Å²) < 4.78 is 28.1. The predicted molar refractivity (Wildman–Crippen MR) is 90.2 cm³/mol. The standard InChI is InChI=1S/C18H23NO2S/c1-4-15-10-12-17(13-11-15)22(20,21)19-18(14(2)3)16-8-6-5-7-9-16/h5-14,18-19H,4H2,1-3H3/t18-/m0/s1. The molecular formula is C18H23NO2S. The maximum absolute atomic E-state index is 12.6. The molecule has 2 rings (SSSR count). The largest absolute Gasteiger partial charge is 0.241 e. The Morgan fingerprint density at radius 2 is 1.55 bits per heavy atom. The summed E-state index contributed by atoms with van der Waals surface area (Å²) in [7, 11) is -3.53. The average Bonchev–Trinajstić information content (AvgIpc) is 2.53. The number of rotatable bonds is 6. The molecule has 0 aliphatic rings. The van der Waals surface area contributed by atoms with E-state index in [-0.39, 0.29) is 12.0 Å². The molecule has 0 bridgehead atoms. The molecule has 0 aromatic heterocycles. The molecule has 4 heteroatoms. The number of sulfonamides is 1. The fourth-order valence-electron chi connectivity index (χ4n) is 2.39. The molecule has 0 heterocycles. The van der Waals surface area contributed by atoms with Crippen LogP contribution in [0.5, 0.6) is 0 Å². The zero-order valence-corrected chi connectivity index (χ0v) is 14.1. The number of nitrogens with one attached hydrogen (secondary N) is 1. The lowest BCUT2D eigenvalue weighted by atomic mass is 9.97. The Labute approximate surface area is 133 Å². The van der Waals surface area contributed by atoms with Crippen LogP contribution in [-0.4, -0.2) is 8.42 Å². The lowest BCUT2D eigenvalue weighted by Crippen LogP contribution is -2.31. The molecule has 0 unspecified atom stereocenters. The third kappa shape index (κ3) is 3.96. The van der Waals surface area contributed by atoms with Gasteiger partial charge in [-0.05, 0) is 35.6 Å². The normalized spacial score (nSPS) is 13.3. The topological polar surface area (TPSA) is 46.2 Å². The summed E-state index contributed by atoms with van der Waals surface area (Å²) in [6.45, 7) is 6.08. The summed E-state index contributed by atoms with van der Waals surface area (Å²) in [4.78, 5) is 0.311. The van der Waals surface area contributed by atoms with Crippen LogP contribution in [0.15, 0.2) is 59.5 Å². The van der Waals surface area contributed by atoms with Gasteiger partial charge < -0.3 is 0 Å². The number of aryl methyl sites for hydroxylation is 1. The van der Waals surface area contributed by atoms with Crippen molar-refractivity contribution in [1.29, 1.82) is 0 Å². The van der Waals surface area contributed by atoms with Crippen molar-refractivity contribution in [3.8, 4) is 0 Å². The molecule has 0 aliphatic carbocycles. The first-order valence-corrected chi connectivity index (χ1v) is 9.08. The Kier molecular flexibility index (Phi) is 5.37. The first-order chi connectivity index (χ1) is 10.4. The number of hydrogen-bond donors (Lipinski definition) is 1.